The van der Waals surface area contributed by atoms with Gasteiger partial charge in [-0.1, -0.05) is 121 Å². The van der Waals surface area contributed by atoms with Gasteiger partial charge in [-0.05, 0) is 99.6 Å². The van der Waals surface area contributed by atoms with Crippen LogP contribution in [0.3, 0.4) is 0 Å². The molecule has 1 aromatic heterocycles. The van der Waals surface area contributed by atoms with E-state index in [9.17, 15) is 0 Å². The zero-order valence-electron chi connectivity index (χ0n) is 26.9. The van der Waals surface area contributed by atoms with E-state index in [1.54, 1.807) is 0 Å². The molecule has 2 nitrogen and oxygen atoms in total. The average molecular weight is 648 g/mol. The summed E-state index contributed by atoms with van der Waals surface area (Å²) in [6.07, 6.45) is 7.76. The molecule has 3 heteroatoms. The Bertz CT molecular complexity index is 2490. The van der Waals surface area contributed by atoms with E-state index < -0.39 is 0 Å². The van der Waals surface area contributed by atoms with Crippen molar-refractivity contribution in [2.75, 3.05) is 4.90 Å². The molecule has 0 spiro atoms. The molecule has 0 radical (unpaired) electrons. The van der Waals surface area contributed by atoms with Gasteiger partial charge in [0.05, 0.1) is 0 Å². The van der Waals surface area contributed by atoms with Gasteiger partial charge in [-0.25, -0.2) is 0 Å². The number of hydrogen-bond acceptors (Lipinski definition) is 3. The Kier molecular flexibility index (Phi) is 7.60. The maximum absolute atomic E-state index is 6.41. The number of rotatable bonds is 7. The van der Waals surface area contributed by atoms with Gasteiger partial charge in [0.15, 0.2) is 0 Å². The Morgan fingerprint density at radius 2 is 1.33 bits per heavy atom. The molecule has 1 atom stereocenters. The number of allylic oxidation sites excluding steroid dienone is 2. The van der Waals surface area contributed by atoms with Crippen LogP contribution in [0.15, 0.2) is 191 Å². The molecule has 234 valence electrons. The van der Waals surface area contributed by atoms with Gasteiger partial charge in [0.1, 0.15) is 11.2 Å². The number of hydrogen-bond donors (Lipinski definition) is 0. The Morgan fingerprint density at radius 1 is 0.592 bits per heavy atom. The van der Waals surface area contributed by atoms with Crippen LogP contribution in [0.2, 0.25) is 0 Å². The fraction of sp³-hybridized carbons (Fsp3) is 0.0435. The largest absolute Gasteiger partial charge is 0.456 e. The van der Waals surface area contributed by atoms with Gasteiger partial charge >= 0.3 is 0 Å². The van der Waals surface area contributed by atoms with E-state index in [-0.39, 0.29) is 0 Å². The van der Waals surface area contributed by atoms with Gasteiger partial charge in [-0.2, -0.15) is 0 Å². The summed E-state index contributed by atoms with van der Waals surface area (Å²) in [5, 5.41) is 5.01. The lowest BCUT2D eigenvalue weighted by atomic mass is 9.97. The van der Waals surface area contributed by atoms with Gasteiger partial charge in [-0.3, -0.25) is 0 Å². The van der Waals surface area contributed by atoms with Gasteiger partial charge in [0.25, 0.3) is 0 Å². The predicted octanol–water partition coefficient (Wildman–Crippen LogP) is 12.9. The van der Waals surface area contributed by atoms with Crippen molar-refractivity contribution in [1.82, 2.24) is 0 Å². The molecule has 1 aliphatic heterocycles. The molecule has 0 saturated carbocycles. The summed E-state index contributed by atoms with van der Waals surface area (Å²) in [5.41, 5.74) is 10.3. The first kappa shape index (κ1) is 29.4. The molecule has 49 heavy (non-hydrogen) atoms. The topological polar surface area (TPSA) is 16.4 Å². The standard InChI is InChI=1S/C46H33NOS/c1-3-12-32(13-4-1)36-22-25-41-42-31-39(24-26-43(42)48-44(41)29-36)47(38-23-21-33-14-7-8-17-35(33)28-38)27-11-19-40(34-15-5-2-6-16-34)46-30-37-18-9-10-20-45(37)49-46/h1-29,31,46H,30H2/b27-11+,40-19-. The van der Waals surface area contributed by atoms with E-state index in [0.29, 0.717) is 5.25 Å². The minimum Gasteiger partial charge on any atom is -0.456 e. The monoisotopic (exact) mass is 647 g/mol. The van der Waals surface area contributed by atoms with Crippen molar-refractivity contribution < 1.29 is 4.42 Å². The average Bonchev–Trinajstić information content (AvgIpc) is 3.76. The number of furan rings is 1. The zero-order valence-corrected chi connectivity index (χ0v) is 27.7. The fourth-order valence-electron chi connectivity index (χ4n) is 6.98. The van der Waals surface area contributed by atoms with Crippen LogP contribution in [0.4, 0.5) is 11.4 Å². The van der Waals surface area contributed by atoms with Crippen LogP contribution in [0, 0.1) is 0 Å². The molecular formula is C46H33NOS. The van der Waals surface area contributed by atoms with Crippen LogP contribution < -0.4 is 4.90 Å². The number of fused-ring (bicyclic) bond motifs is 5. The molecule has 0 saturated heterocycles. The molecule has 1 aliphatic rings. The SMILES string of the molecule is C(/C=C/N(c1ccc2ccccc2c1)c1ccc2oc3cc(-c4ccccc4)ccc3c2c1)=C(\c1ccccc1)C1Cc2ccccc2S1. The Balaban J connectivity index is 1.14. The van der Waals surface area contributed by atoms with Crippen LogP contribution in [0.25, 0.3) is 49.4 Å². The second-order valence-corrected chi connectivity index (χ2v) is 13.8. The van der Waals surface area contributed by atoms with Crippen molar-refractivity contribution in [2.24, 2.45) is 0 Å². The van der Waals surface area contributed by atoms with E-state index in [2.05, 4.69) is 181 Å². The third-order valence-corrected chi connectivity index (χ3v) is 10.8. The highest BCUT2D eigenvalue weighted by Gasteiger charge is 2.25. The van der Waals surface area contributed by atoms with Crippen molar-refractivity contribution in [1.29, 1.82) is 0 Å². The normalized spacial score (nSPS) is 14.6. The van der Waals surface area contributed by atoms with Crippen molar-refractivity contribution in [3.8, 4) is 11.1 Å². The van der Waals surface area contributed by atoms with Crippen LogP contribution in [0.1, 0.15) is 11.1 Å². The Labute approximate surface area is 290 Å². The van der Waals surface area contributed by atoms with Crippen LogP contribution in [0.5, 0.6) is 0 Å². The lowest BCUT2D eigenvalue weighted by Crippen LogP contribution is -2.08. The summed E-state index contributed by atoms with van der Waals surface area (Å²) in [7, 11) is 0. The maximum Gasteiger partial charge on any atom is 0.136 e. The summed E-state index contributed by atoms with van der Waals surface area (Å²) < 4.78 is 6.41. The van der Waals surface area contributed by atoms with E-state index in [1.807, 2.05) is 17.8 Å². The van der Waals surface area contributed by atoms with E-state index in [1.165, 1.54) is 37.9 Å². The molecule has 7 aromatic carbocycles. The quantitative estimate of drug-likeness (QED) is 0.160. The fourth-order valence-corrected chi connectivity index (χ4v) is 8.35. The van der Waals surface area contributed by atoms with Crippen molar-refractivity contribution in [2.45, 2.75) is 16.6 Å². The van der Waals surface area contributed by atoms with Crippen molar-refractivity contribution >= 4 is 61.4 Å². The number of nitrogens with zero attached hydrogens (tertiary/aromatic N) is 1. The second kappa shape index (κ2) is 12.7. The minimum absolute atomic E-state index is 0.355. The van der Waals surface area contributed by atoms with Gasteiger partial charge < -0.3 is 9.32 Å². The first-order chi connectivity index (χ1) is 24.3. The smallest absolute Gasteiger partial charge is 0.136 e. The summed E-state index contributed by atoms with van der Waals surface area (Å²) in [6.45, 7) is 0. The predicted molar refractivity (Wildman–Crippen MR) is 209 cm³/mol. The number of thioether (sulfide) groups is 1. The van der Waals surface area contributed by atoms with Gasteiger partial charge in [0.2, 0.25) is 0 Å². The zero-order chi connectivity index (χ0) is 32.6. The molecule has 0 amide bonds. The van der Waals surface area contributed by atoms with Gasteiger partial charge in [-0.15, -0.1) is 11.8 Å². The summed E-state index contributed by atoms with van der Waals surface area (Å²) in [5.74, 6) is 0. The summed E-state index contributed by atoms with van der Waals surface area (Å²) in [4.78, 5) is 3.67. The number of anilines is 2. The molecule has 2 heterocycles. The Morgan fingerprint density at radius 3 is 2.18 bits per heavy atom. The molecule has 0 bridgehead atoms. The minimum atomic E-state index is 0.355. The molecule has 9 rings (SSSR count). The van der Waals surface area contributed by atoms with Crippen LogP contribution in [-0.2, 0) is 6.42 Å². The van der Waals surface area contributed by atoms with E-state index in [0.717, 1.165) is 45.3 Å². The highest BCUT2D eigenvalue weighted by Crippen LogP contribution is 2.43. The first-order valence-corrected chi connectivity index (χ1v) is 17.6. The number of benzene rings is 7. The molecule has 0 fully saturated rings. The highest BCUT2D eigenvalue weighted by molar-refractivity contribution is 8.00. The third-order valence-electron chi connectivity index (χ3n) is 9.46. The van der Waals surface area contributed by atoms with E-state index in [4.69, 9.17) is 4.42 Å². The lowest BCUT2D eigenvalue weighted by Gasteiger charge is -2.22. The lowest BCUT2D eigenvalue weighted by molar-refractivity contribution is 0.669. The Hall–Kier alpha value is -5.77. The summed E-state index contributed by atoms with van der Waals surface area (Å²) in [6, 6.07) is 58.4. The van der Waals surface area contributed by atoms with Crippen molar-refractivity contribution in [3.05, 3.63) is 193 Å². The maximum atomic E-state index is 6.41. The molecule has 1 unspecified atom stereocenters. The summed E-state index contributed by atoms with van der Waals surface area (Å²) >= 11 is 1.97. The molecular weight excluding hydrogens is 615 g/mol. The molecule has 0 aliphatic carbocycles. The molecule has 8 aromatic rings. The third kappa shape index (κ3) is 5.73. The van der Waals surface area contributed by atoms with Gasteiger partial charge in [0, 0.05) is 38.5 Å². The van der Waals surface area contributed by atoms with Crippen LogP contribution >= 0.6 is 11.8 Å². The highest BCUT2D eigenvalue weighted by atomic mass is 32.2. The second-order valence-electron chi connectivity index (χ2n) is 12.5. The van der Waals surface area contributed by atoms with Crippen LogP contribution in [-0.4, -0.2) is 5.25 Å². The molecule has 0 N–H and O–H groups in total. The first-order valence-electron chi connectivity index (χ1n) is 16.7. The van der Waals surface area contributed by atoms with E-state index >= 15 is 0 Å². The van der Waals surface area contributed by atoms with Crippen molar-refractivity contribution in [3.63, 3.8) is 0 Å².